The highest BCUT2D eigenvalue weighted by Crippen LogP contribution is 2.44. The fraction of sp³-hybridized carbons (Fsp3) is 0.407. The Morgan fingerprint density at radius 3 is 2.92 bits per heavy atom. The second kappa shape index (κ2) is 9.88. The van der Waals surface area contributed by atoms with E-state index in [1.807, 2.05) is 31.3 Å². The fourth-order valence-corrected chi connectivity index (χ4v) is 6.79. The van der Waals surface area contributed by atoms with Gasteiger partial charge >= 0.3 is 0 Å². The molecule has 0 fully saturated rings. The SMILES string of the molecule is COc1cccc2cc(-c3nnc(SCC(=O)Nc4sc5c(c4C#N)CC[C@@H](C(C)(C)C)C5)n3C)oc12. The number of ether oxygens (including phenoxy) is 1. The quantitative estimate of drug-likeness (QED) is 0.300. The molecule has 1 aliphatic carbocycles. The second-order valence-corrected chi connectivity index (χ2v) is 12.4. The van der Waals surface area contributed by atoms with Crippen LogP contribution in [0.3, 0.4) is 0 Å². The average Bonchev–Trinajstić information content (AvgIpc) is 3.55. The minimum absolute atomic E-state index is 0.151. The molecule has 1 aliphatic rings. The Balaban J connectivity index is 1.28. The van der Waals surface area contributed by atoms with Crippen LogP contribution in [0, 0.1) is 22.7 Å². The summed E-state index contributed by atoms with van der Waals surface area (Å²) < 4.78 is 13.2. The molecule has 0 bridgehead atoms. The van der Waals surface area contributed by atoms with Gasteiger partial charge in [-0.2, -0.15) is 5.26 Å². The van der Waals surface area contributed by atoms with E-state index in [1.165, 1.54) is 16.6 Å². The molecule has 0 saturated carbocycles. The molecule has 3 heterocycles. The molecule has 0 spiro atoms. The lowest BCUT2D eigenvalue weighted by atomic mass is 9.72. The van der Waals surface area contributed by atoms with Gasteiger partial charge in [0.2, 0.25) is 5.91 Å². The molecule has 0 saturated heterocycles. The van der Waals surface area contributed by atoms with Crippen LogP contribution in [0.5, 0.6) is 5.75 Å². The van der Waals surface area contributed by atoms with Crippen molar-refractivity contribution in [2.75, 3.05) is 18.2 Å². The standard InChI is InChI=1S/C27H29N5O3S2/c1-27(2,3)16-9-10-17-18(13-28)25(37-21(17)12-16)29-22(33)14-36-26-31-30-24(32(26)4)20-11-15-7-6-8-19(34-5)23(15)35-20/h6-8,11,16H,9-10,12,14H2,1-5H3,(H,29,33)/t16-/m1/s1. The first-order chi connectivity index (χ1) is 17.7. The van der Waals surface area contributed by atoms with Gasteiger partial charge in [0.15, 0.2) is 28.1 Å². The van der Waals surface area contributed by atoms with E-state index in [0.29, 0.717) is 44.6 Å². The maximum absolute atomic E-state index is 12.8. The lowest BCUT2D eigenvalue weighted by Gasteiger charge is -2.33. The van der Waals surface area contributed by atoms with Crippen LogP contribution in [0.25, 0.3) is 22.6 Å². The minimum atomic E-state index is -0.175. The zero-order chi connectivity index (χ0) is 26.3. The largest absolute Gasteiger partial charge is 0.493 e. The summed E-state index contributed by atoms with van der Waals surface area (Å²) in [7, 11) is 3.44. The van der Waals surface area contributed by atoms with Crippen LogP contribution in [-0.2, 0) is 24.7 Å². The van der Waals surface area contributed by atoms with E-state index in [-0.39, 0.29) is 17.1 Å². The van der Waals surface area contributed by atoms with Gasteiger partial charge in [0.05, 0.1) is 18.4 Å². The number of amides is 1. The number of hydrogen-bond acceptors (Lipinski definition) is 8. The normalized spacial score (nSPS) is 15.4. The molecule has 8 nitrogen and oxygen atoms in total. The number of anilines is 1. The number of thioether (sulfide) groups is 1. The van der Waals surface area contributed by atoms with Crippen LogP contribution in [-0.4, -0.2) is 33.5 Å². The summed E-state index contributed by atoms with van der Waals surface area (Å²) >= 11 is 2.84. The summed E-state index contributed by atoms with van der Waals surface area (Å²) in [5.74, 6) is 2.33. The van der Waals surface area contributed by atoms with Crippen LogP contribution < -0.4 is 10.1 Å². The second-order valence-electron chi connectivity index (χ2n) is 10.3. The molecule has 0 aliphatic heterocycles. The Kier molecular flexibility index (Phi) is 6.77. The third-order valence-corrected chi connectivity index (χ3v) is 9.16. The highest BCUT2D eigenvalue weighted by molar-refractivity contribution is 7.99. The highest BCUT2D eigenvalue weighted by Gasteiger charge is 2.32. The molecule has 37 heavy (non-hydrogen) atoms. The zero-order valence-electron chi connectivity index (χ0n) is 21.5. The Bertz CT molecular complexity index is 1520. The predicted octanol–water partition coefficient (Wildman–Crippen LogP) is 6.05. The molecule has 4 aromatic rings. The van der Waals surface area contributed by atoms with E-state index < -0.39 is 0 Å². The lowest BCUT2D eigenvalue weighted by molar-refractivity contribution is -0.113. The van der Waals surface area contributed by atoms with E-state index in [4.69, 9.17) is 9.15 Å². The number of hydrogen-bond donors (Lipinski definition) is 1. The molecule has 3 aromatic heterocycles. The van der Waals surface area contributed by atoms with Crippen molar-refractivity contribution in [1.29, 1.82) is 5.26 Å². The number of benzene rings is 1. The van der Waals surface area contributed by atoms with Crippen LogP contribution >= 0.6 is 23.1 Å². The molecular weight excluding hydrogens is 506 g/mol. The van der Waals surface area contributed by atoms with Gasteiger partial charge in [-0.1, -0.05) is 44.7 Å². The van der Waals surface area contributed by atoms with Crippen molar-refractivity contribution in [2.45, 2.75) is 45.2 Å². The average molecular weight is 536 g/mol. The van der Waals surface area contributed by atoms with Crippen molar-refractivity contribution >= 4 is 45.0 Å². The van der Waals surface area contributed by atoms with Gasteiger partial charge in [0, 0.05) is 17.3 Å². The van der Waals surface area contributed by atoms with Crippen molar-refractivity contribution in [2.24, 2.45) is 18.4 Å². The molecule has 5 rings (SSSR count). The number of carbonyl (C=O) groups is 1. The van der Waals surface area contributed by atoms with Gasteiger partial charge in [-0.3, -0.25) is 4.79 Å². The summed E-state index contributed by atoms with van der Waals surface area (Å²) in [6.45, 7) is 6.80. The van der Waals surface area contributed by atoms with Crippen LogP contribution in [0.2, 0.25) is 0 Å². The molecular formula is C27H29N5O3S2. The third-order valence-electron chi connectivity index (χ3n) is 6.97. The molecule has 1 aromatic carbocycles. The van der Waals surface area contributed by atoms with Crippen LogP contribution in [0.4, 0.5) is 5.00 Å². The Labute approximate surface area is 224 Å². The van der Waals surface area contributed by atoms with Crippen molar-refractivity contribution in [3.8, 4) is 23.4 Å². The topological polar surface area (TPSA) is 106 Å². The molecule has 0 radical (unpaired) electrons. The van der Waals surface area contributed by atoms with Gasteiger partial charge in [0.25, 0.3) is 0 Å². The molecule has 1 N–H and O–H groups in total. The minimum Gasteiger partial charge on any atom is -0.493 e. The Hall–Kier alpha value is -3.29. The third kappa shape index (κ3) is 4.86. The number of rotatable bonds is 6. The number of nitriles is 1. The lowest BCUT2D eigenvalue weighted by Crippen LogP contribution is -2.26. The van der Waals surface area contributed by atoms with Crippen LogP contribution in [0.15, 0.2) is 33.8 Å². The number of methoxy groups -OCH3 is 1. The van der Waals surface area contributed by atoms with Crippen molar-refractivity contribution < 1.29 is 13.9 Å². The number of nitrogens with one attached hydrogen (secondary N) is 1. The molecule has 0 unspecified atom stereocenters. The Morgan fingerprint density at radius 2 is 2.19 bits per heavy atom. The first-order valence-electron chi connectivity index (χ1n) is 12.1. The van der Waals surface area contributed by atoms with E-state index in [1.54, 1.807) is 23.0 Å². The van der Waals surface area contributed by atoms with Gasteiger partial charge in [-0.05, 0) is 48.3 Å². The fourth-order valence-electron chi connectivity index (χ4n) is 4.79. The van der Waals surface area contributed by atoms with Crippen LogP contribution in [0.1, 0.15) is 43.2 Å². The number of aromatic nitrogens is 3. The van der Waals surface area contributed by atoms with E-state index in [0.717, 1.165) is 30.2 Å². The summed E-state index contributed by atoms with van der Waals surface area (Å²) in [4.78, 5) is 14.1. The number of thiophene rings is 1. The van der Waals surface area contributed by atoms with Gasteiger partial charge < -0.3 is 19.0 Å². The summed E-state index contributed by atoms with van der Waals surface area (Å²) in [6.07, 6.45) is 2.91. The number of carbonyl (C=O) groups excluding carboxylic acids is 1. The van der Waals surface area contributed by atoms with Crippen molar-refractivity contribution in [3.63, 3.8) is 0 Å². The van der Waals surface area contributed by atoms with Gasteiger partial charge in [-0.25, -0.2) is 0 Å². The maximum atomic E-state index is 12.8. The number of fused-ring (bicyclic) bond motifs is 2. The molecule has 1 amide bonds. The first-order valence-corrected chi connectivity index (χ1v) is 13.9. The zero-order valence-corrected chi connectivity index (χ0v) is 23.2. The monoisotopic (exact) mass is 535 g/mol. The summed E-state index contributed by atoms with van der Waals surface area (Å²) in [5.41, 5.74) is 2.60. The predicted molar refractivity (Wildman–Crippen MR) is 146 cm³/mol. The highest BCUT2D eigenvalue weighted by atomic mass is 32.2. The van der Waals surface area contributed by atoms with E-state index >= 15 is 0 Å². The molecule has 1 atom stereocenters. The number of para-hydroxylation sites is 1. The number of furan rings is 1. The summed E-state index contributed by atoms with van der Waals surface area (Å²) in [6, 6.07) is 9.92. The summed E-state index contributed by atoms with van der Waals surface area (Å²) in [5, 5.41) is 23.5. The van der Waals surface area contributed by atoms with E-state index in [2.05, 4.69) is 42.4 Å². The van der Waals surface area contributed by atoms with Crippen molar-refractivity contribution in [3.05, 3.63) is 40.3 Å². The Morgan fingerprint density at radius 1 is 1.38 bits per heavy atom. The van der Waals surface area contributed by atoms with Gasteiger partial charge in [-0.15, -0.1) is 21.5 Å². The van der Waals surface area contributed by atoms with E-state index in [9.17, 15) is 10.1 Å². The first kappa shape index (κ1) is 25.4. The van der Waals surface area contributed by atoms with Crippen molar-refractivity contribution in [1.82, 2.24) is 14.8 Å². The smallest absolute Gasteiger partial charge is 0.235 e. The molecule has 192 valence electrons. The van der Waals surface area contributed by atoms with Gasteiger partial charge in [0.1, 0.15) is 11.1 Å². The maximum Gasteiger partial charge on any atom is 0.235 e. The molecule has 10 heteroatoms. The number of nitrogens with zero attached hydrogens (tertiary/aromatic N) is 4.